The Bertz CT molecular complexity index is 108. The predicted molar refractivity (Wildman–Crippen MR) is 62.5 cm³/mol. The Labute approximate surface area is 88.4 Å². The van der Waals surface area contributed by atoms with Crippen molar-refractivity contribution in [1.29, 1.82) is 0 Å². The molecule has 0 rings (SSSR count). The molecule has 0 aromatic carbocycles. The summed E-state index contributed by atoms with van der Waals surface area (Å²) in [7, 11) is 0. The standard InChI is InChI=1S/C12H23Cl/c1-2-3-4-5-6-7-8-9-10-11-12-13/h7-8H,2-6,9-12H2,1H3/b8-7-. The minimum absolute atomic E-state index is 0.810. The van der Waals surface area contributed by atoms with Gasteiger partial charge in [-0.3, -0.25) is 0 Å². The summed E-state index contributed by atoms with van der Waals surface area (Å²) in [5.74, 6) is 0.810. The summed E-state index contributed by atoms with van der Waals surface area (Å²) in [6, 6.07) is 0. The highest BCUT2D eigenvalue weighted by atomic mass is 35.5. The Kier molecular flexibility index (Phi) is 12.1. The summed E-state index contributed by atoms with van der Waals surface area (Å²) in [4.78, 5) is 0. The van der Waals surface area contributed by atoms with Crippen LogP contribution < -0.4 is 0 Å². The maximum absolute atomic E-state index is 5.57. The van der Waals surface area contributed by atoms with Crippen molar-refractivity contribution in [2.75, 3.05) is 5.88 Å². The lowest BCUT2D eigenvalue weighted by atomic mass is 10.1. The molecule has 0 saturated carbocycles. The maximum atomic E-state index is 5.57. The third-order valence-electron chi connectivity index (χ3n) is 2.15. The molecule has 13 heavy (non-hydrogen) atoms. The number of hydrogen-bond donors (Lipinski definition) is 0. The van der Waals surface area contributed by atoms with Crippen LogP contribution in [0.2, 0.25) is 0 Å². The first kappa shape index (κ1) is 13.0. The predicted octanol–water partition coefficient (Wildman–Crippen LogP) is 4.92. The molecule has 0 radical (unpaired) electrons. The maximum Gasteiger partial charge on any atom is 0.0223 e. The molecule has 0 fully saturated rings. The second-order valence-corrected chi connectivity index (χ2v) is 3.88. The van der Waals surface area contributed by atoms with Crippen LogP contribution in [-0.2, 0) is 0 Å². The first-order valence-corrected chi connectivity index (χ1v) is 6.16. The summed E-state index contributed by atoms with van der Waals surface area (Å²) < 4.78 is 0. The largest absolute Gasteiger partial charge is 0.127 e. The average molecular weight is 203 g/mol. The van der Waals surface area contributed by atoms with E-state index in [1.54, 1.807) is 0 Å². The van der Waals surface area contributed by atoms with Crippen LogP contribution in [0.3, 0.4) is 0 Å². The number of alkyl halides is 1. The molecule has 0 atom stereocenters. The van der Waals surface area contributed by atoms with Crippen LogP contribution in [-0.4, -0.2) is 5.88 Å². The molecule has 1 heteroatoms. The molecular weight excluding hydrogens is 180 g/mol. The van der Waals surface area contributed by atoms with Crippen molar-refractivity contribution in [2.45, 2.75) is 58.3 Å². The Hall–Kier alpha value is 0.0300. The number of allylic oxidation sites excluding steroid dienone is 2. The summed E-state index contributed by atoms with van der Waals surface area (Å²) in [6.45, 7) is 2.25. The quantitative estimate of drug-likeness (QED) is 0.283. The van der Waals surface area contributed by atoms with Gasteiger partial charge < -0.3 is 0 Å². The van der Waals surface area contributed by atoms with E-state index in [1.165, 1.54) is 44.9 Å². The van der Waals surface area contributed by atoms with E-state index in [1.807, 2.05) is 0 Å². The lowest BCUT2D eigenvalue weighted by Crippen LogP contribution is -1.76. The minimum atomic E-state index is 0.810. The zero-order chi connectivity index (χ0) is 9.78. The number of rotatable bonds is 9. The molecule has 0 saturated heterocycles. The van der Waals surface area contributed by atoms with E-state index in [0.29, 0.717) is 0 Å². The summed E-state index contributed by atoms with van der Waals surface area (Å²) in [5.41, 5.74) is 0. The number of hydrogen-bond acceptors (Lipinski definition) is 0. The van der Waals surface area contributed by atoms with Gasteiger partial charge in [0.05, 0.1) is 0 Å². The Morgan fingerprint density at radius 2 is 1.46 bits per heavy atom. The molecule has 0 aromatic rings. The highest BCUT2D eigenvalue weighted by molar-refractivity contribution is 6.17. The highest BCUT2D eigenvalue weighted by Gasteiger charge is 1.85. The van der Waals surface area contributed by atoms with Gasteiger partial charge in [0, 0.05) is 5.88 Å². The van der Waals surface area contributed by atoms with Crippen LogP contribution in [0, 0.1) is 0 Å². The van der Waals surface area contributed by atoms with Crippen LogP contribution in [0.4, 0.5) is 0 Å². The van der Waals surface area contributed by atoms with Gasteiger partial charge in [0.1, 0.15) is 0 Å². The smallest absolute Gasteiger partial charge is 0.0223 e. The molecule has 78 valence electrons. The molecule has 0 N–H and O–H groups in total. The van der Waals surface area contributed by atoms with Gasteiger partial charge in [0.15, 0.2) is 0 Å². The molecule has 0 aliphatic rings. The van der Waals surface area contributed by atoms with Gasteiger partial charge in [-0.15, -0.1) is 11.6 Å². The van der Waals surface area contributed by atoms with Crippen LogP contribution in [0.15, 0.2) is 12.2 Å². The van der Waals surface area contributed by atoms with E-state index in [-0.39, 0.29) is 0 Å². The minimum Gasteiger partial charge on any atom is -0.127 e. The van der Waals surface area contributed by atoms with Gasteiger partial charge in [-0.25, -0.2) is 0 Å². The molecule has 0 aliphatic heterocycles. The highest BCUT2D eigenvalue weighted by Crippen LogP contribution is 2.04. The molecule has 0 amide bonds. The van der Waals surface area contributed by atoms with E-state index < -0.39 is 0 Å². The third-order valence-corrected chi connectivity index (χ3v) is 2.41. The molecular formula is C12H23Cl. The van der Waals surface area contributed by atoms with Crippen molar-refractivity contribution < 1.29 is 0 Å². The van der Waals surface area contributed by atoms with Gasteiger partial charge in [0.2, 0.25) is 0 Å². The topological polar surface area (TPSA) is 0 Å². The lowest BCUT2D eigenvalue weighted by Gasteiger charge is -1.94. The van der Waals surface area contributed by atoms with Gasteiger partial charge in [-0.05, 0) is 32.1 Å². The van der Waals surface area contributed by atoms with Crippen molar-refractivity contribution in [3.63, 3.8) is 0 Å². The van der Waals surface area contributed by atoms with Gasteiger partial charge in [-0.2, -0.15) is 0 Å². The van der Waals surface area contributed by atoms with Crippen molar-refractivity contribution in [1.82, 2.24) is 0 Å². The normalized spacial score (nSPS) is 11.2. The van der Waals surface area contributed by atoms with Crippen LogP contribution >= 0.6 is 11.6 Å². The fourth-order valence-electron chi connectivity index (χ4n) is 1.28. The van der Waals surface area contributed by atoms with Crippen molar-refractivity contribution in [3.8, 4) is 0 Å². The number of halogens is 1. The van der Waals surface area contributed by atoms with Crippen molar-refractivity contribution >= 4 is 11.6 Å². The fraction of sp³-hybridized carbons (Fsp3) is 0.833. The van der Waals surface area contributed by atoms with Crippen molar-refractivity contribution in [3.05, 3.63) is 12.2 Å². The SMILES string of the molecule is CCCCCC/C=C\CCCCCl. The Morgan fingerprint density at radius 1 is 0.846 bits per heavy atom. The Morgan fingerprint density at radius 3 is 2.00 bits per heavy atom. The lowest BCUT2D eigenvalue weighted by molar-refractivity contribution is 0.673. The average Bonchev–Trinajstić information content (AvgIpc) is 2.16. The fourth-order valence-corrected chi connectivity index (χ4v) is 1.47. The molecule has 0 spiro atoms. The van der Waals surface area contributed by atoms with E-state index in [4.69, 9.17) is 11.6 Å². The molecule has 0 aromatic heterocycles. The molecule has 0 bridgehead atoms. The van der Waals surface area contributed by atoms with E-state index >= 15 is 0 Å². The van der Waals surface area contributed by atoms with Gasteiger partial charge >= 0.3 is 0 Å². The molecule has 0 aliphatic carbocycles. The van der Waals surface area contributed by atoms with Crippen LogP contribution in [0.25, 0.3) is 0 Å². The number of unbranched alkanes of at least 4 members (excludes halogenated alkanes) is 6. The Balaban J connectivity index is 2.95. The van der Waals surface area contributed by atoms with E-state index in [9.17, 15) is 0 Å². The van der Waals surface area contributed by atoms with Gasteiger partial charge in [-0.1, -0.05) is 38.3 Å². The van der Waals surface area contributed by atoms with E-state index in [0.717, 1.165) is 12.3 Å². The van der Waals surface area contributed by atoms with Gasteiger partial charge in [0.25, 0.3) is 0 Å². The summed E-state index contributed by atoms with van der Waals surface area (Å²) >= 11 is 5.57. The van der Waals surface area contributed by atoms with Crippen LogP contribution in [0.5, 0.6) is 0 Å². The van der Waals surface area contributed by atoms with E-state index in [2.05, 4.69) is 19.1 Å². The second-order valence-electron chi connectivity index (χ2n) is 3.51. The first-order chi connectivity index (χ1) is 6.41. The summed E-state index contributed by atoms with van der Waals surface area (Å²) in [6.07, 6.45) is 15.0. The van der Waals surface area contributed by atoms with Crippen LogP contribution in [0.1, 0.15) is 58.3 Å². The monoisotopic (exact) mass is 202 g/mol. The molecule has 0 nitrogen and oxygen atoms in total. The zero-order valence-electron chi connectivity index (χ0n) is 8.90. The molecule has 0 unspecified atom stereocenters. The zero-order valence-corrected chi connectivity index (χ0v) is 9.65. The van der Waals surface area contributed by atoms with Crippen molar-refractivity contribution in [2.24, 2.45) is 0 Å². The molecule has 0 heterocycles. The second kappa shape index (κ2) is 12.0. The first-order valence-electron chi connectivity index (χ1n) is 5.62. The third kappa shape index (κ3) is 12.0. The summed E-state index contributed by atoms with van der Waals surface area (Å²) in [5, 5.41) is 0.